The first-order valence-corrected chi connectivity index (χ1v) is 8.09. The molecule has 0 saturated carbocycles. The van der Waals surface area contributed by atoms with E-state index in [0.717, 1.165) is 0 Å². The van der Waals surface area contributed by atoms with Crippen molar-refractivity contribution >= 4 is 11.4 Å². The Labute approximate surface area is 160 Å². The molecule has 0 aromatic heterocycles. The van der Waals surface area contributed by atoms with Crippen LogP contribution >= 0.6 is 0 Å². The molecule has 2 aromatic rings. The zero-order valence-corrected chi connectivity index (χ0v) is 16.0. The number of nitro benzene ring substituents is 2. The van der Waals surface area contributed by atoms with Gasteiger partial charge >= 0.3 is 0 Å². The molecule has 0 aliphatic carbocycles. The normalized spacial score (nSPS) is 10.5. The third-order valence-electron chi connectivity index (χ3n) is 4.39. The number of nitrogens with zero attached hydrogens (tertiary/aromatic N) is 2. The van der Waals surface area contributed by atoms with Crippen LogP contribution < -0.4 is 18.9 Å². The van der Waals surface area contributed by atoms with Crippen molar-refractivity contribution in [3.63, 3.8) is 0 Å². The van der Waals surface area contributed by atoms with E-state index in [9.17, 15) is 20.2 Å². The number of benzene rings is 2. The van der Waals surface area contributed by atoms with Gasteiger partial charge in [0, 0.05) is 17.0 Å². The summed E-state index contributed by atoms with van der Waals surface area (Å²) in [5.74, 6) is 0.204. The van der Waals surface area contributed by atoms with Gasteiger partial charge in [-0.15, -0.1) is 0 Å². The summed E-state index contributed by atoms with van der Waals surface area (Å²) in [5.41, 5.74) is -0.0144. The largest absolute Gasteiger partial charge is 0.493 e. The lowest BCUT2D eigenvalue weighted by atomic mass is 9.90. The molecular weight excluding hydrogens is 372 g/mol. The van der Waals surface area contributed by atoms with Crippen LogP contribution in [0.4, 0.5) is 11.4 Å². The Morgan fingerprint density at radius 1 is 0.679 bits per heavy atom. The maximum Gasteiger partial charge on any atom is 0.277 e. The SMILES string of the molecule is COc1cc(C(C)c2cc(OC)c(OC)cc2[N+](=O)[O-])c([N+](=O)[O-])cc1OC. The second kappa shape index (κ2) is 8.42. The summed E-state index contributed by atoms with van der Waals surface area (Å²) in [6.45, 7) is 1.63. The molecule has 0 radical (unpaired) electrons. The highest BCUT2D eigenvalue weighted by Gasteiger charge is 2.30. The molecule has 0 aliphatic rings. The van der Waals surface area contributed by atoms with Gasteiger partial charge in [-0.3, -0.25) is 20.2 Å². The molecule has 0 spiro atoms. The second-order valence-corrected chi connectivity index (χ2v) is 5.77. The molecule has 0 bridgehead atoms. The van der Waals surface area contributed by atoms with Gasteiger partial charge < -0.3 is 18.9 Å². The van der Waals surface area contributed by atoms with Gasteiger partial charge in [0.1, 0.15) is 0 Å². The van der Waals surface area contributed by atoms with Crippen LogP contribution in [0.5, 0.6) is 23.0 Å². The van der Waals surface area contributed by atoms with Crippen molar-refractivity contribution in [2.45, 2.75) is 12.8 Å². The standard InChI is InChI=1S/C18H20N2O8/c1-10(11-6-15(25-2)17(27-4)8-13(11)19(21)22)12-7-16(26-3)18(28-5)9-14(12)20(23)24/h6-10H,1-5H3. The van der Waals surface area contributed by atoms with Crippen molar-refractivity contribution in [2.24, 2.45) is 0 Å². The lowest BCUT2D eigenvalue weighted by Gasteiger charge is -2.17. The van der Waals surface area contributed by atoms with Crippen molar-refractivity contribution in [3.8, 4) is 23.0 Å². The fraction of sp³-hybridized carbons (Fsp3) is 0.333. The van der Waals surface area contributed by atoms with Crippen LogP contribution in [0.3, 0.4) is 0 Å². The first-order valence-electron chi connectivity index (χ1n) is 8.09. The lowest BCUT2D eigenvalue weighted by molar-refractivity contribution is -0.386. The average Bonchev–Trinajstić information content (AvgIpc) is 2.70. The molecule has 0 heterocycles. The maximum absolute atomic E-state index is 11.6. The van der Waals surface area contributed by atoms with E-state index >= 15 is 0 Å². The monoisotopic (exact) mass is 392 g/mol. The Hall–Kier alpha value is -3.56. The van der Waals surface area contributed by atoms with Gasteiger partial charge in [-0.2, -0.15) is 0 Å². The van der Waals surface area contributed by atoms with E-state index in [1.807, 2.05) is 0 Å². The Bertz CT molecular complexity index is 839. The van der Waals surface area contributed by atoms with Crippen molar-refractivity contribution in [2.75, 3.05) is 28.4 Å². The molecule has 2 rings (SSSR count). The summed E-state index contributed by atoms with van der Waals surface area (Å²) in [5, 5.41) is 23.2. The van der Waals surface area contributed by atoms with Gasteiger partial charge in [0.2, 0.25) is 0 Å². The summed E-state index contributed by atoms with van der Waals surface area (Å²) in [4.78, 5) is 22.1. The Morgan fingerprint density at radius 3 is 1.21 bits per heavy atom. The summed E-state index contributed by atoms with van der Waals surface area (Å²) in [6, 6.07) is 5.36. The predicted molar refractivity (Wildman–Crippen MR) is 99.9 cm³/mol. The van der Waals surface area contributed by atoms with Gasteiger partial charge in [0.25, 0.3) is 11.4 Å². The Balaban J connectivity index is 2.76. The minimum atomic E-state index is -0.722. The summed E-state index contributed by atoms with van der Waals surface area (Å²) < 4.78 is 20.7. The molecule has 0 aliphatic heterocycles. The van der Waals surface area contributed by atoms with Crippen LogP contribution in [0.2, 0.25) is 0 Å². The molecule has 0 atom stereocenters. The molecule has 28 heavy (non-hydrogen) atoms. The molecule has 150 valence electrons. The van der Waals surface area contributed by atoms with Crippen molar-refractivity contribution in [3.05, 3.63) is 55.6 Å². The molecule has 0 unspecified atom stereocenters. The van der Waals surface area contributed by atoms with E-state index in [4.69, 9.17) is 18.9 Å². The topological polar surface area (TPSA) is 123 Å². The van der Waals surface area contributed by atoms with E-state index in [-0.39, 0.29) is 45.5 Å². The summed E-state index contributed by atoms with van der Waals surface area (Å²) in [7, 11) is 5.53. The summed E-state index contributed by atoms with van der Waals surface area (Å²) >= 11 is 0. The first-order chi connectivity index (χ1) is 13.3. The van der Waals surface area contributed by atoms with E-state index in [1.165, 1.54) is 52.7 Å². The quantitative estimate of drug-likeness (QED) is 0.492. The van der Waals surface area contributed by atoms with Crippen LogP contribution in [0, 0.1) is 20.2 Å². The van der Waals surface area contributed by atoms with Crippen molar-refractivity contribution in [1.29, 1.82) is 0 Å². The second-order valence-electron chi connectivity index (χ2n) is 5.77. The molecule has 10 heteroatoms. The average molecular weight is 392 g/mol. The zero-order valence-electron chi connectivity index (χ0n) is 16.0. The summed E-state index contributed by atoms with van der Waals surface area (Å²) in [6.07, 6.45) is 0. The highest BCUT2D eigenvalue weighted by molar-refractivity contribution is 5.62. The minimum absolute atomic E-state index is 0.187. The third kappa shape index (κ3) is 3.75. The molecule has 10 nitrogen and oxygen atoms in total. The Kier molecular flexibility index (Phi) is 6.24. The minimum Gasteiger partial charge on any atom is -0.493 e. The van der Waals surface area contributed by atoms with Crippen LogP contribution in [-0.4, -0.2) is 38.3 Å². The number of nitro groups is 2. The van der Waals surface area contributed by atoms with Gasteiger partial charge in [-0.25, -0.2) is 0 Å². The highest BCUT2D eigenvalue weighted by atomic mass is 16.6. The van der Waals surface area contributed by atoms with Crippen LogP contribution in [-0.2, 0) is 0 Å². The lowest BCUT2D eigenvalue weighted by Crippen LogP contribution is -2.07. The fourth-order valence-corrected chi connectivity index (χ4v) is 2.95. The van der Waals surface area contributed by atoms with E-state index in [2.05, 4.69) is 0 Å². The zero-order chi connectivity index (χ0) is 21.0. The van der Waals surface area contributed by atoms with E-state index in [0.29, 0.717) is 0 Å². The third-order valence-corrected chi connectivity index (χ3v) is 4.39. The van der Waals surface area contributed by atoms with Gasteiger partial charge in [-0.05, 0) is 12.1 Å². The molecule has 0 fully saturated rings. The molecule has 0 saturated heterocycles. The van der Waals surface area contributed by atoms with Crippen molar-refractivity contribution in [1.82, 2.24) is 0 Å². The highest BCUT2D eigenvalue weighted by Crippen LogP contribution is 2.44. The van der Waals surface area contributed by atoms with Crippen LogP contribution in [0.1, 0.15) is 24.0 Å². The van der Waals surface area contributed by atoms with E-state index in [1.54, 1.807) is 6.92 Å². The van der Waals surface area contributed by atoms with Crippen LogP contribution in [0.15, 0.2) is 24.3 Å². The smallest absolute Gasteiger partial charge is 0.277 e. The molecule has 2 aromatic carbocycles. The fourth-order valence-electron chi connectivity index (χ4n) is 2.95. The number of hydrogen-bond acceptors (Lipinski definition) is 8. The number of hydrogen-bond donors (Lipinski definition) is 0. The number of methoxy groups -OCH3 is 4. The van der Waals surface area contributed by atoms with E-state index < -0.39 is 15.8 Å². The van der Waals surface area contributed by atoms with Crippen LogP contribution in [0.25, 0.3) is 0 Å². The number of rotatable bonds is 8. The number of ether oxygens (including phenoxy) is 4. The van der Waals surface area contributed by atoms with Gasteiger partial charge in [0.15, 0.2) is 23.0 Å². The maximum atomic E-state index is 11.6. The molecule has 0 amide bonds. The first kappa shape index (κ1) is 20.7. The van der Waals surface area contributed by atoms with Gasteiger partial charge in [0.05, 0.1) is 50.4 Å². The molecule has 0 N–H and O–H groups in total. The van der Waals surface area contributed by atoms with Gasteiger partial charge in [-0.1, -0.05) is 6.92 Å². The predicted octanol–water partition coefficient (Wildman–Crippen LogP) is 3.69. The van der Waals surface area contributed by atoms with Crippen molar-refractivity contribution < 1.29 is 28.8 Å². The Morgan fingerprint density at radius 2 is 0.964 bits per heavy atom. The molecular formula is C18H20N2O8.